The molecule has 0 aliphatic rings. The van der Waals surface area contributed by atoms with E-state index in [-0.39, 0.29) is 16.0 Å². The van der Waals surface area contributed by atoms with E-state index in [0.717, 1.165) is 6.26 Å². The van der Waals surface area contributed by atoms with E-state index in [1.165, 1.54) is 6.07 Å². The van der Waals surface area contributed by atoms with Crippen LogP contribution in [0.15, 0.2) is 53.4 Å². The molecule has 4 aromatic rings. The van der Waals surface area contributed by atoms with Crippen molar-refractivity contribution in [3.8, 4) is 0 Å². The Morgan fingerprint density at radius 3 is 2.32 bits per heavy atom. The van der Waals surface area contributed by atoms with Crippen molar-refractivity contribution < 1.29 is 18.3 Å². The fraction of sp³-hybridized carbons (Fsp3) is 0.0556. The molecule has 0 spiro atoms. The first kappa shape index (κ1) is 15.5. The van der Waals surface area contributed by atoms with Crippen LogP contribution in [0.2, 0.25) is 0 Å². The molecule has 25 heavy (non-hydrogen) atoms. The van der Waals surface area contributed by atoms with Crippen LogP contribution in [0.3, 0.4) is 0 Å². The van der Waals surface area contributed by atoms with E-state index in [0.29, 0.717) is 27.3 Å². The Kier molecular flexibility index (Phi) is 3.23. The van der Waals surface area contributed by atoms with Crippen molar-refractivity contribution in [2.24, 2.45) is 0 Å². The molecule has 0 bridgehead atoms. The molecule has 1 aromatic heterocycles. The van der Waals surface area contributed by atoms with Crippen LogP contribution in [0.5, 0.6) is 0 Å². The maximum atomic E-state index is 12.0. The Hall–Kier alpha value is -3.06. The van der Waals surface area contributed by atoms with Crippen molar-refractivity contribution in [1.29, 1.82) is 0 Å². The van der Waals surface area contributed by atoms with Gasteiger partial charge in [-0.3, -0.25) is 0 Å². The van der Waals surface area contributed by atoms with Gasteiger partial charge in [-0.05, 0) is 24.3 Å². The van der Waals surface area contributed by atoms with Gasteiger partial charge >= 0.3 is 5.97 Å². The quantitative estimate of drug-likeness (QED) is 0.440. The lowest BCUT2D eigenvalue weighted by molar-refractivity contribution is 0.0699. The summed E-state index contributed by atoms with van der Waals surface area (Å²) < 4.78 is 24.0. The van der Waals surface area contributed by atoms with Gasteiger partial charge in [0.05, 0.1) is 27.0 Å². The molecule has 0 aliphatic carbocycles. The third-order valence-corrected chi connectivity index (χ3v) is 5.24. The molecule has 1 heterocycles. The number of aromatic carboxylic acids is 1. The number of hydrogen-bond donors (Lipinski definition) is 1. The minimum Gasteiger partial charge on any atom is -0.478 e. The number of nitrogens with zero attached hydrogens (tertiary/aromatic N) is 2. The van der Waals surface area contributed by atoms with E-state index in [4.69, 9.17) is 0 Å². The summed E-state index contributed by atoms with van der Waals surface area (Å²) in [7, 11) is -3.40. The number of sulfone groups is 1. The molecule has 0 saturated heterocycles. The van der Waals surface area contributed by atoms with Crippen molar-refractivity contribution in [2.75, 3.05) is 6.26 Å². The first-order valence-corrected chi connectivity index (χ1v) is 9.31. The SMILES string of the molecule is CS(=O)(=O)c1cccc2c1ccc1nc3cccc(C(=O)O)c3nc12. The summed E-state index contributed by atoms with van der Waals surface area (Å²) in [6, 6.07) is 13.1. The molecule has 0 aliphatic heterocycles. The first-order valence-electron chi connectivity index (χ1n) is 7.42. The molecule has 124 valence electrons. The molecule has 6 nitrogen and oxygen atoms in total. The molecule has 4 rings (SSSR count). The van der Waals surface area contributed by atoms with E-state index in [9.17, 15) is 18.3 Å². The highest BCUT2D eigenvalue weighted by Gasteiger charge is 2.16. The molecule has 0 saturated carbocycles. The average Bonchev–Trinajstić information content (AvgIpc) is 2.57. The van der Waals surface area contributed by atoms with Gasteiger partial charge in [0, 0.05) is 17.0 Å². The number of benzene rings is 3. The fourth-order valence-electron chi connectivity index (χ4n) is 2.99. The smallest absolute Gasteiger partial charge is 0.337 e. The Bertz CT molecular complexity index is 1300. The van der Waals surface area contributed by atoms with Gasteiger partial charge in [-0.25, -0.2) is 23.2 Å². The van der Waals surface area contributed by atoms with Gasteiger partial charge in [-0.15, -0.1) is 0 Å². The molecule has 0 unspecified atom stereocenters. The van der Waals surface area contributed by atoms with Crippen LogP contribution in [0.1, 0.15) is 10.4 Å². The summed E-state index contributed by atoms with van der Waals surface area (Å²) in [5, 5.41) is 10.5. The van der Waals surface area contributed by atoms with Crippen LogP contribution >= 0.6 is 0 Å². The van der Waals surface area contributed by atoms with Crippen LogP contribution < -0.4 is 0 Å². The normalized spacial score (nSPS) is 12.0. The largest absolute Gasteiger partial charge is 0.478 e. The highest BCUT2D eigenvalue weighted by atomic mass is 32.2. The maximum Gasteiger partial charge on any atom is 0.337 e. The van der Waals surface area contributed by atoms with Crippen LogP contribution in [-0.2, 0) is 9.84 Å². The van der Waals surface area contributed by atoms with Gasteiger partial charge in [-0.1, -0.05) is 24.3 Å². The molecule has 3 aromatic carbocycles. The highest BCUT2D eigenvalue weighted by Crippen LogP contribution is 2.30. The first-order chi connectivity index (χ1) is 11.9. The minimum absolute atomic E-state index is 0.0585. The standard InChI is InChI=1S/C18H12N2O4S/c1-25(23,24)15-7-3-4-11-10(15)8-9-14-16(11)20-17-12(18(21)22)5-2-6-13(17)19-14/h2-9H,1H3,(H,21,22). The number of rotatable bonds is 2. The molecular formula is C18H12N2O4S. The van der Waals surface area contributed by atoms with Crippen molar-refractivity contribution in [2.45, 2.75) is 4.90 Å². The summed E-state index contributed by atoms with van der Waals surface area (Å²) in [4.78, 5) is 20.7. The van der Waals surface area contributed by atoms with Gasteiger partial charge in [0.15, 0.2) is 9.84 Å². The van der Waals surface area contributed by atoms with Crippen LogP contribution in [0.4, 0.5) is 0 Å². The zero-order valence-corrected chi connectivity index (χ0v) is 13.9. The number of aromatic nitrogens is 2. The lowest BCUT2D eigenvalue weighted by atomic mass is 10.1. The number of hydrogen-bond acceptors (Lipinski definition) is 5. The molecule has 7 heteroatoms. The second-order valence-electron chi connectivity index (χ2n) is 5.76. The van der Waals surface area contributed by atoms with Crippen LogP contribution in [0.25, 0.3) is 32.8 Å². The minimum atomic E-state index is -3.40. The van der Waals surface area contributed by atoms with Gasteiger partial charge in [0.25, 0.3) is 0 Å². The third kappa shape index (κ3) is 2.40. The average molecular weight is 352 g/mol. The summed E-state index contributed by atoms with van der Waals surface area (Å²) in [6.45, 7) is 0. The van der Waals surface area contributed by atoms with Gasteiger partial charge in [0.1, 0.15) is 5.52 Å². The Morgan fingerprint density at radius 1 is 0.880 bits per heavy atom. The van der Waals surface area contributed by atoms with Crippen molar-refractivity contribution in [3.63, 3.8) is 0 Å². The molecular weight excluding hydrogens is 340 g/mol. The van der Waals surface area contributed by atoms with Crippen molar-refractivity contribution in [1.82, 2.24) is 9.97 Å². The van der Waals surface area contributed by atoms with E-state index in [2.05, 4.69) is 9.97 Å². The van der Waals surface area contributed by atoms with E-state index >= 15 is 0 Å². The fourth-order valence-corrected chi connectivity index (χ4v) is 3.89. The van der Waals surface area contributed by atoms with Crippen molar-refractivity contribution >= 4 is 48.6 Å². The topological polar surface area (TPSA) is 97.2 Å². The second kappa shape index (κ2) is 5.22. The highest BCUT2D eigenvalue weighted by molar-refractivity contribution is 7.91. The van der Waals surface area contributed by atoms with Gasteiger partial charge in [-0.2, -0.15) is 0 Å². The molecule has 1 N–H and O–H groups in total. The van der Waals surface area contributed by atoms with Crippen molar-refractivity contribution in [3.05, 3.63) is 54.1 Å². The summed E-state index contributed by atoms with van der Waals surface area (Å²) >= 11 is 0. The lowest BCUT2D eigenvalue weighted by Gasteiger charge is -2.09. The number of carboxylic acids is 1. The predicted molar refractivity (Wildman–Crippen MR) is 94.6 cm³/mol. The number of carbonyl (C=O) groups is 1. The Balaban J connectivity index is 2.21. The Labute approximate surface area is 142 Å². The zero-order chi connectivity index (χ0) is 17.8. The molecule has 0 radical (unpaired) electrons. The number of carboxylic acid groups (broad SMARTS) is 1. The van der Waals surface area contributed by atoms with E-state index in [1.807, 2.05) is 0 Å². The summed E-state index contributed by atoms with van der Waals surface area (Å²) in [5.74, 6) is -1.09. The molecule has 0 fully saturated rings. The number of fused-ring (bicyclic) bond motifs is 4. The van der Waals surface area contributed by atoms with E-state index in [1.54, 1.807) is 42.5 Å². The summed E-state index contributed by atoms with van der Waals surface area (Å²) in [6.07, 6.45) is 1.15. The van der Waals surface area contributed by atoms with Gasteiger partial charge < -0.3 is 5.11 Å². The second-order valence-corrected chi connectivity index (χ2v) is 7.74. The van der Waals surface area contributed by atoms with E-state index < -0.39 is 15.8 Å². The predicted octanol–water partition coefficient (Wildman–Crippen LogP) is 3.04. The molecule has 0 atom stereocenters. The van der Waals surface area contributed by atoms with Crippen LogP contribution in [0, 0.1) is 0 Å². The zero-order valence-electron chi connectivity index (χ0n) is 13.1. The molecule has 0 amide bonds. The lowest BCUT2D eigenvalue weighted by Crippen LogP contribution is -2.01. The van der Waals surface area contributed by atoms with Gasteiger partial charge in [0.2, 0.25) is 0 Å². The monoisotopic (exact) mass is 352 g/mol. The third-order valence-electron chi connectivity index (χ3n) is 4.08. The number of para-hydroxylation sites is 1. The Morgan fingerprint density at radius 2 is 1.60 bits per heavy atom. The maximum absolute atomic E-state index is 12.0. The summed E-state index contributed by atoms with van der Waals surface area (Å²) in [5.41, 5.74) is 1.87. The van der Waals surface area contributed by atoms with Crippen LogP contribution in [-0.4, -0.2) is 35.7 Å².